The van der Waals surface area contributed by atoms with Crippen molar-refractivity contribution in [2.24, 2.45) is 5.84 Å². The Morgan fingerprint density at radius 1 is 1.30 bits per heavy atom. The van der Waals surface area contributed by atoms with Crippen LogP contribution in [0.1, 0.15) is 35.3 Å². The van der Waals surface area contributed by atoms with E-state index < -0.39 is 0 Å². The molecule has 0 radical (unpaired) electrons. The van der Waals surface area contributed by atoms with Crippen molar-refractivity contribution >= 4 is 0 Å². The second kappa shape index (κ2) is 6.59. The van der Waals surface area contributed by atoms with Crippen molar-refractivity contribution in [1.29, 1.82) is 0 Å². The minimum Gasteiger partial charge on any atom is -0.271 e. The van der Waals surface area contributed by atoms with Crippen molar-refractivity contribution in [1.82, 2.24) is 10.4 Å². The summed E-state index contributed by atoms with van der Waals surface area (Å²) in [7, 11) is 0. The highest BCUT2D eigenvalue weighted by atomic mass is 19.1. The normalized spacial score (nSPS) is 12.4. The molecule has 0 saturated carbocycles. The van der Waals surface area contributed by atoms with Crippen LogP contribution in [0.3, 0.4) is 0 Å². The first kappa shape index (κ1) is 14.6. The summed E-state index contributed by atoms with van der Waals surface area (Å²) < 4.78 is 13.6. The first-order valence-corrected chi connectivity index (χ1v) is 6.80. The van der Waals surface area contributed by atoms with E-state index in [0.29, 0.717) is 12.0 Å². The van der Waals surface area contributed by atoms with E-state index in [1.807, 2.05) is 18.3 Å². The predicted octanol–water partition coefficient (Wildman–Crippen LogP) is 2.84. The zero-order chi connectivity index (χ0) is 14.5. The molecule has 3 N–H and O–H groups in total. The molecular weight excluding hydrogens is 253 g/mol. The lowest BCUT2D eigenvalue weighted by molar-refractivity contribution is 0.538. The number of benzene rings is 1. The first-order valence-electron chi connectivity index (χ1n) is 6.80. The summed E-state index contributed by atoms with van der Waals surface area (Å²) >= 11 is 0. The Morgan fingerprint density at radius 2 is 2.10 bits per heavy atom. The lowest BCUT2D eigenvalue weighted by Gasteiger charge is -2.16. The molecule has 1 aromatic heterocycles. The van der Waals surface area contributed by atoms with Gasteiger partial charge in [-0.15, -0.1) is 0 Å². The van der Waals surface area contributed by atoms with Gasteiger partial charge in [-0.1, -0.05) is 25.1 Å². The summed E-state index contributed by atoms with van der Waals surface area (Å²) in [6.45, 7) is 3.84. The maximum Gasteiger partial charge on any atom is 0.126 e. The van der Waals surface area contributed by atoms with Crippen molar-refractivity contribution in [3.05, 3.63) is 64.7 Å². The Hall–Kier alpha value is -1.78. The molecule has 0 spiro atoms. The van der Waals surface area contributed by atoms with Gasteiger partial charge in [-0.2, -0.15) is 0 Å². The van der Waals surface area contributed by atoms with Crippen LogP contribution in [0.5, 0.6) is 0 Å². The zero-order valence-corrected chi connectivity index (χ0v) is 11.9. The van der Waals surface area contributed by atoms with E-state index in [1.165, 1.54) is 11.6 Å². The highest BCUT2D eigenvalue weighted by molar-refractivity contribution is 5.27. The van der Waals surface area contributed by atoms with Crippen LogP contribution in [-0.4, -0.2) is 4.98 Å². The summed E-state index contributed by atoms with van der Waals surface area (Å²) in [6, 6.07) is 9.09. The second-order valence-electron chi connectivity index (χ2n) is 4.94. The highest BCUT2D eigenvalue weighted by Crippen LogP contribution is 2.19. The minimum absolute atomic E-state index is 0.148. The van der Waals surface area contributed by atoms with Gasteiger partial charge in [0.1, 0.15) is 5.82 Å². The summed E-state index contributed by atoms with van der Waals surface area (Å²) in [5, 5.41) is 0. The SMILES string of the molecule is CCc1ccc(CC(NN)c2ccc(C)c(F)c2)nc1. The van der Waals surface area contributed by atoms with Gasteiger partial charge in [0.2, 0.25) is 0 Å². The van der Waals surface area contributed by atoms with Crippen molar-refractivity contribution < 1.29 is 4.39 Å². The van der Waals surface area contributed by atoms with E-state index in [1.54, 1.807) is 13.0 Å². The van der Waals surface area contributed by atoms with E-state index in [-0.39, 0.29) is 11.9 Å². The molecule has 3 nitrogen and oxygen atoms in total. The summed E-state index contributed by atoms with van der Waals surface area (Å²) in [5.74, 6) is 5.39. The molecule has 2 aromatic rings. The average molecular weight is 273 g/mol. The van der Waals surface area contributed by atoms with Crippen LogP contribution < -0.4 is 11.3 Å². The number of nitrogens with zero attached hydrogens (tertiary/aromatic N) is 1. The van der Waals surface area contributed by atoms with Gasteiger partial charge in [-0.05, 0) is 42.2 Å². The molecule has 0 aliphatic rings. The average Bonchev–Trinajstić information content (AvgIpc) is 2.48. The summed E-state index contributed by atoms with van der Waals surface area (Å²) in [4.78, 5) is 4.41. The highest BCUT2D eigenvalue weighted by Gasteiger charge is 2.13. The lowest BCUT2D eigenvalue weighted by atomic mass is 10.0. The predicted molar refractivity (Wildman–Crippen MR) is 78.5 cm³/mol. The number of pyridine rings is 1. The smallest absolute Gasteiger partial charge is 0.126 e. The standard InChI is InChI=1S/C16H20FN3/c1-3-12-5-7-14(19-10-12)9-16(20-18)13-6-4-11(2)15(17)8-13/h4-8,10,16,20H,3,9,18H2,1-2H3. The van der Waals surface area contributed by atoms with Gasteiger partial charge >= 0.3 is 0 Å². The number of hydrazine groups is 1. The third-order valence-electron chi connectivity index (χ3n) is 3.51. The Morgan fingerprint density at radius 3 is 2.65 bits per heavy atom. The van der Waals surface area contributed by atoms with Crippen molar-refractivity contribution in [3.8, 4) is 0 Å². The number of rotatable bonds is 5. The van der Waals surface area contributed by atoms with E-state index in [0.717, 1.165) is 17.7 Å². The van der Waals surface area contributed by atoms with Crippen LogP contribution in [0.15, 0.2) is 36.5 Å². The lowest BCUT2D eigenvalue weighted by Crippen LogP contribution is -2.30. The fraction of sp³-hybridized carbons (Fsp3) is 0.312. The zero-order valence-electron chi connectivity index (χ0n) is 11.9. The van der Waals surface area contributed by atoms with Crippen LogP contribution >= 0.6 is 0 Å². The molecule has 4 heteroatoms. The van der Waals surface area contributed by atoms with Gasteiger partial charge in [-0.3, -0.25) is 16.3 Å². The third kappa shape index (κ3) is 3.40. The second-order valence-corrected chi connectivity index (χ2v) is 4.94. The Labute approximate surface area is 119 Å². The van der Waals surface area contributed by atoms with E-state index in [9.17, 15) is 4.39 Å². The number of hydrogen-bond acceptors (Lipinski definition) is 3. The van der Waals surface area contributed by atoms with E-state index in [2.05, 4.69) is 23.4 Å². The van der Waals surface area contributed by atoms with Gasteiger partial charge in [-0.25, -0.2) is 4.39 Å². The molecule has 106 valence electrons. The number of hydrogen-bond donors (Lipinski definition) is 2. The van der Waals surface area contributed by atoms with Crippen molar-refractivity contribution in [3.63, 3.8) is 0 Å². The summed E-state index contributed by atoms with van der Waals surface area (Å²) in [5.41, 5.74) is 6.34. The Balaban J connectivity index is 2.16. The largest absolute Gasteiger partial charge is 0.271 e. The monoisotopic (exact) mass is 273 g/mol. The quantitative estimate of drug-likeness (QED) is 0.650. The Bertz CT molecular complexity index is 566. The van der Waals surface area contributed by atoms with Crippen molar-refractivity contribution in [2.45, 2.75) is 32.7 Å². The molecule has 0 aliphatic carbocycles. The number of nitrogens with one attached hydrogen (secondary N) is 1. The molecule has 1 aromatic carbocycles. The molecule has 2 rings (SSSR count). The molecule has 20 heavy (non-hydrogen) atoms. The molecule has 0 fully saturated rings. The van der Waals surface area contributed by atoms with E-state index in [4.69, 9.17) is 5.84 Å². The summed E-state index contributed by atoms with van der Waals surface area (Å²) in [6.07, 6.45) is 3.47. The van der Waals surface area contributed by atoms with Gasteiger partial charge in [0.15, 0.2) is 0 Å². The molecule has 0 aliphatic heterocycles. The fourth-order valence-electron chi connectivity index (χ4n) is 2.09. The maximum absolute atomic E-state index is 13.6. The van der Waals surface area contributed by atoms with E-state index >= 15 is 0 Å². The van der Waals surface area contributed by atoms with Crippen LogP contribution in [-0.2, 0) is 12.8 Å². The molecule has 1 unspecified atom stereocenters. The topological polar surface area (TPSA) is 50.9 Å². The van der Waals surface area contributed by atoms with Gasteiger partial charge in [0, 0.05) is 18.3 Å². The van der Waals surface area contributed by atoms with Crippen molar-refractivity contribution in [2.75, 3.05) is 0 Å². The minimum atomic E-state index is -0.211. The molecule has 0 bridgehead atoms. The third-order valence-corrected chi connectivity index (χ3v) is 3.51. The Kier molecular flexibility index (Phi) is 4.82. The first-order chi connectivity index (χ1) is 9.63. The van der Waals surface area contributed by atoms with Crippen LogP contribution in [0.2, 0.25) is 0 Å². The maximum atomic E-state index is 13.6. The van der Waals surface area contributed by atoms with Gasteiger partial charge in [0.05, 0.1) is 6.04 Å². The molecular formula is C16H20FN3. The molecule has 0 saturated heterocycles. The molecule has 1 atom stereocenters. The van der Waals surface area contributed by atoms with Crippen LogP contribution in [0.4, 0.5) is 4.39 Å². The number of nitrogens with two attached hydrogens (primary N) is 1. The molecule has 1 heterocycles. The fourth-order valence-corrected chi connectivity index (χ4v) is 2.09. The number of aromatic nitrogens is 1. The van der Waals surface area contributed by atoms with Gasteiger partial charge < -0.3 is 0 Å². The van der Waals surface area contributed by atoms with Crippen LogP contribution in [0.25, 0.3) is 0 Å². The molecule has 0 amide bonds. The number of aryl methyl sites for hydroxylation is 2. The van der Waals surface area contributed by atoms with Crippen LogP contribution in [0, 0.1) is 12.7 Å². The van der Waals surface area contributed by atoms with Gasteiger partial charge in [0.25, 0.3) is 0 Å². The number of halogens is 1.